The molecular formula is C15H24N2O2. The molecule has 0 aliphatic carbocycles. The van der Waals surface area contributed by atoms with Gasteiger partial charge < -0.3 is 15.4 Å². The monoisotopic (exact) mass is 264 g/mol. The van der Waals surface area contributed by atoms with E-state index in [9.17, 15) is 4.79 Å². The third-order valence-corrected chi connectivity index (χ3v) is 3.30. The number of hydrogen-bond acceptors (Lipinski definition) is 3. The van der Waals surface area contributed by atoms with E-state index in [1.54, 1.807) is 12.0 Å². The molecule has 0 fully saturated rings. The van der Waals surface area contributed by atoms with E-state index in [-0.39, 0.29) is 11.8 Å². The highest BCUT2D eigenvalue weighted by molar-refractivity contribution is 5.78. The van der Waals surface area contributed by atoms with Gasteiger partial charge in [-0.05, 0) is 30.5 Å². The zero-order chi connectivity index (χ0) is 14.6. The van der Waals surface area contributed by atoms with Gasteiger partial charge >= 0.3 is 0 Å². The lowest BCUT2D eigenvalue weighted by molar-refractivity contribution is -0.133. The van der Waals surface area contributed by atoms with Crippen LogP contribution in [0.5, 0.6) is 5.75 Å². The molecule has 0 aromatic heterocycles. The summed E-state index contributed by atoms with van der Waals surface area (Å²) in [5.74, 6) is 0.854. The first kappa shape index (κ1) is 15.5. The Kier molecular flexibility index (Phi) is 5.36. The molecule has 1 atom stereocenters. The summed E-state index contributed by atoms with van der Waals surface area (Å²) >= 11 is 0. The maximum absolute atomic E-state index is 12.0. The quantitative estimate of drug-likeness (QED) is 0.883. The second-order valence-corrected chi connectivity index (χ2v) is 5.09. The highest BCUT2D eigenvalue weighted by Crippen LogP contribution is 2.24. The molecule has 1 aromatic carbocycles. The molecule has 106 valence electrons. The van der Waals surface area contributed by atoms with Crippen molar-refractivity contribution >= 4 is 5.91 Å². The molecule has 0 aliphatic heterocycles. The normalized spacial score (nSPS) is 12.1. The van der Waals surface area contributed by atoms with Crippen molar-refractivity contribution in [3.05, 3.63) is 28.8 Å². The van der Waals surface area contributed by atoms with E-state index in [2.05, 4.69) is 12.1 Å². The largest absolute Gasteiger partial charge is 0.496 e. The maximum Gasteiger partial charge on any atom is 0.226 e. The van der Waals surface area contributed by atoms with Crippen molar-refractivity contribution in [2.45, 2.75) is 27.3 Å². The third-order valence-electron chi connectivity index (χ3n) is 3.30. The van der Waals surface area contributed by atoms with Crippen LogP contribution in [0.3, 0.4) is 0 Å². The number of aryl methyl sites for hydroxylation is 2. The second kappa shape index (κ2) is 6.57. The number of carbonyl (C=O) groups is 1. The Morgan fingerprint density at radius 2 is 1.89 bits per heavy atom. The van der Waals surface area contributed by atoms with Crippen LogP contribution in [0.15, 0.2) is 12.1 Å². The van der Waals surface area contributed by atoms with Gasteiger partial charge in [-0.2, -0.15) is 0 Å². The van der Waals surface area contributed by atoms with Crippen LogP contribution in [-0.4, -0.2) is 31.5 Å². The van der Waals surface area contributed by atoms with Crippen LogP contribution in [0.25, 0.3) is 0 Å². The zero-order valence-electron chi connectivity index (χ0n) is 12.5. The summed E-state index contributed by atoms with van der Waals surface area (Å²) in [4.78, 5) is 13.7. The van der Waals surface area contributed by atoms with Crippen molar-refractivity contribution in [1.29, 1.82) is 0 Å². The average molecular weight is 264 g/mol. The van der Waals surface area contributed by atoms with Gasteiger partial charge in [-0.3, -0.25) is 4.79 Å². The molecular weight excluding hydrogens is 240 g/mol. The Morgan fingerprint density at radius 3 is 2.32 bits per heavy atom. The summed E-state index contributed by atoms with van der Waals surface area (Å²) in [6, 6.07) is 4.12. The van der Waals surface area contributed by atoms with E-state index in [0.29, 0.717) is 13.1 Å². The van der Waals surface area contributed by atoms with Gasteiger partial charge in [0.1, 0.15) is 5.75 Å². The first-order valence-corrected chi connectivity index (χ1v) is 6.49. The van der Waals surface area contributed by atoms with Crippen molar-refractivity contribution in [3.63, 3.8) is 0 Å². The van der Waals surface area contributed by atoms with Gasteiger partial charge in [0.25, 0.3) is 0 Å². The Labute approximate surface area is 115 Å². The fraction of sp³-hybridized carbons (Fsp3) is 0.533. The molecule has 0 heterocycles. The molecule has 1 unspecified atom stereocenters. The van der Waals surface area contributed by atoms with E-state index < -0.39 is 0 Å². The maximum atomic E-state index is 12.0. The number of rotatable bonds is 5. The number of benzene rings is 1. The lowest BCUT2D eigenvalue weighted by atomic mass is 10.0. The number of hydrogen-bond donors (Lipinski definition) is 1. The van der Waals surface area contributed by atoms with Gasteiger partial charge in [0.15, 0.2) is 0 Å². The predicted molar refractivity (Wildman–Crippen MR) is 77.2 cm³/mol. The first-order chi connectivity index (χ1) is 8.90. The predicted octanol–water partition coefficient (Wildman–Crippen LogP) is 1.87. The fourth-order valence-corrected chi connectivity index (χ4v) is 2.28. The van der Waals surface area contributed by atoms with Crippen LogP contribution < -0.4 is 10.5 Å². The molecule has 4 nitrogen and oxygen atoms in total. The van der Waals surface area contributed by atoms with Crippen molar-refractivity contribution in [1.82, 2.24) is 4.90 Å². The van der Waals surface area contributed by atoms with E-state index >= 15 is 0 Å². The number of methoxy groups -OCH3 is 1. The molecule has 1 amide bonds. The Balaban J connectivity index is 2.86. The van der Waals surface area contributed by atoms with Crippen LogP contribution in [0.4, 0.5) is 0 Å². The van der Waals surface area contributed by atoms with Gasteiger partial charge in [-0.25, -0.2) is 0 Å². The topological polar surface area (TPSA) is 55.6 Å². The summed E-state index contributed by atoms with van der Waals surface area (Å²) in [5, 5.41) is 0. The molecule has 4 heteroatoms. The molecule has 2 N–H and O–H groups in total. The van der Waals surface area contributed by atoms with Crippen molar-refractivity contribution in [2.24, 2.45) is 11.7 Å². The first-order valence-electron chi connectivity index (χ1n) is 6.49. The molecule has 0 saturated carbocycles. The lowest BCUT2D eigenvalue weighted by Crippen LogP contribution is -2.34. The van der Waals surface area contributed by atoms with Gasteiger partial charge in [0.05, 0.1) is 7.11 Å². The summed E-state index contributed by atoms with van der Waals surface area (Å²) < 4.78 is 5.34. The summed E-state index contributed by atoms with van der Waals surface area (Å²) in [7, 11) is 3.48. The Morgan fingerprint density at radius 1 is 1.37 bits per heavy atom. The summed E-state index contributed by atoms with van der Waals surface area (Å²) in [6.45, 7) is 6.85. The zero-order valence-corrected chi connectivity index (χ0v) is 12.5. The molecule has 0 spiro atoms. The molecule has 0 aliphatic rings. The second-order valence-electron chi connectivity index (χ2n) is 5.09. The minimum absolute atomic E-state index is 0.0774. The fourth-order valence-electron chi connectivity index (χ4n) is 2.28. The number of nitrogens with zero attached hydrogens (tertiary/aromatic N) is 1. The highest BCUT2D eigenvalue weighted by atomic mass is 16.5. The van der Waals surface area contributed by atoms with Crippen molar-refractivity contribution < 1.29 is 9.53 Å². The summed E-state index contributed by atoms with van der Waals surface area (Å²) in [5.41, 5.74) is 8.81. The number of amides is 1. The van der Waals surface area contributed by atoms with Gasteiger partial charge in [0, 0.05) is 26.1 Å². The Hall–Kier alpha value is -1.55. The van der Waals surface area contributed by atoms with Crippen LogP contribution in [0, 0.1) is 19.8 Å². The van der Waals surface area contributed by atoms with Crippen LogP contribution in [-0.2, 0) is 11.3 Å². The van der Waals surface area contributed by atoms with Gasteiger partial charge in [-0.15, -0.1) is 0 Å². The SMILES string of the molecule is COc1c(C)cc(CN(C)C(=O)C(C)CN)cc1C. The van der Waals surface area contributed by atoms with Crippen LogP contribution >= 0.6 is 0 Å². The summed E-state index contributed by atoms with van der Waals surface area (Å²) in [6.07, 6.45) is 0. The van der Waals surface area contributed by atoms with Crippen LogP contribution in [0.2, 0.25) is 0 Å². The lowest BCUT2D eigenvalue weighted by Gasteiger charge is -2.21. The van der Waals surface area contributed by atoms with Gasteiger partial charge in [0.2, 0.25) is 5.91 Å². The van der Waals surface area contributed by atoms with Gasteiger partial charge in [-0.1, -0.05) is 19.1 Å². The molecule has 1 aromatic rings. The average Bonchev–Trinajstić information content (AvgIpc) is 2.36. The minimum Gasteiger partial charge on any atom is -0.496 e. The molecule has 0 saturated heterocycles. The minimum atomic E-state index is -0.134. The smallest absolute Gasteiger partial charge is 0.226 e. The number of carbonyl (C=O) groups excluding carboxylic acids is 1. The highest BCUT2D eigenvalue weighted by Gasteiger charge is 2.16. The third kappa shape index (κ3) is 3.70. The van der Waals surface area contributed by atoms with Crippen molar-refractivity contribution in [2.75, 3.05) is 20.7 Å². The molecule has 0 bridgehead atoms. The molecule has 19 heavy (non-hydrogen) atoms. The van der Waals surface area contributed by atoms with E-state index in [0.717, 1.165) is 22.4 Å². The van der Waals surface area contributed by atoms with E-state index in [4.69, 9.17) is 10.5 Å². The number of ether oxygens (including phenoxy) is 1. The van der Waals surface area contributed by atoms with E-state index in [1.165, 1.54) is 0 Å². The number of nitrogens with two attached hydrogens (primary N) is 1. The van der Waals surface area contributed by atoms with Crippen LogP contribution in [0.1, 0.15) is 23.6 Å². The Bertz CT molecular complexity index is 434. The standard InChI is InChI=1S/C15H24N2O2/c1-10-6-13(7-11(2)14(10)19-5)9-17(4)15(18)12(3)8-16/h6-7,12H,8-9,16H2,1-5H3. The molecule has 1 rings (SSSR count). The molecule has 0 radical (unpaired) electrons. The van der Waals surface area contributed by atoms with E-state index in [1.807, 2.05) is 27.8 Å². The van der Waals surface area contributed by atoms with Crippen molar-refractivity contribution in [3.8, 4) is 5.75 Å².